The van der Waals surface area contributed by atoms with E-state index in [9.17, 15) is 27.5 Å². The molecule has 3 heterocycles. The van der Waals surface area contributed by atoms with Crippen LogP contribution in [0.4, 0.5) is 17.6 Å². The van der Waals surface area contributed by atoms with Crippen molar-refractivity contribution in [2.45, 2.75) is 56.7 Å². The molecule has 1 fully saturated rings. The Kier molecular flexibility index (Phi) is 7.39. The summed E-state index contributed by atoms with van der Waals surface area (Å²) in [6.07, 6.45) is -1.86. The van der Waals surface area contributed by atoms with E-state index in [0.717, 1.165) is 24.4 Å². The Hall–Kier alpha value is -3.44. The molecule has 0 amide bonds. The highest BCUT2D eigenvalue weighted by Gasteiger charge is 2.41. The van der Waals surface area contributed by atoms with Gasteiger partial charge in [-0.15, -0.1) is 0 Å². The molecule has 0 radical (unpaired) electrons. The van der Waals surface area contributed by atoms with Crippen molar-refractivity contribution in [1.29, 1.82) is 0 Å². The second-order valence-electron chi connectivity index (χ2n) is 11.1. The number of pyridine rings is 1. The Morgan fingerprint density at radius 3 is 2.58 bits per heavy atom. The average molecular weight is 559 g/mol. The van der Waals surface area contributed by atoms with E-state index in [1.807, 2.05) is 0 Å². The predicted molar refractivity (Wildman–Crippen MR) is 138 cm³/mol. The largest absolute Gasteiger partial charge is 0.490 e. The van der Waals surface area contributed by atoms with Crippen molar-refractivity contribution >= 4 is 5.78 Å². The molecule has 40 heavy (non-hydrogen) atoms. The van der Waals surface area contributed by atoms with E-state index in [-0.39, 0.29) is 24.2 Å². The number of carbonyl (C=O) groups excluding carboxylic acids is 1. The first-order chi connectivity index (χ1) is 18.9. The Bertz CT molecular complexity index is 1410. The molecule has 0 bridgehead atoms. The van der Waals surface area contributed by atoms with Gasteiger partial charge in [0.15, 0.2) is 5.78 Å². The number of rotatable bonds is 10. The van der Waals surface area contributed by atoms with Gasteiger partial charge in [-0.05, 0) is 75.0 Å². The summed E-state index contributed by atoms with van der Waals surface area (Å²) in [5, 5.41) is 15.0. The summed E-state index contributed by atoms with van der Waals surface area (Å²) >= 11 is 0. The summed E-state index contributed by atoms with van der Waals surface area (Å²) in [6, 6.07) is 8.68. The van der Waals surface area contributed by atoms with E-state index in [1.165, 1.54) is 31.9 Å². The number of ketones is 1. The highest BCUT2D eigenvalue weighted by molar-refractivity contribution is 5.94. The third-order valence-electron chi connectivity index (χ3n) is 7.51. The van der Waals surface area contributed by atoms with Gasteiger partial charge in [-0.1, -0.05) is 6.92 Å². The molecule has 1 aliphatic heterocycles. The minimum Gasteiger partial charge on any atom is -0.490 e. The quantitative estimate of drug-likeness (QED) is 0.260. The molecule has 5 rings (SSSR count). The molecule has 11 heteroatoms. The van der Waals surface area contributed by atoms with Crippen LogP contribution < -0.4 is 10.1 Å². The van der Waals surface area contributed by atoms with E-state index in [2.05, 4.69) is 22.2 Å². The number of nitrogens with one attached hydrogen (secondary N) is 1. The van der Waals surface area contributed by atoms with Crippen molar-refractivity contribution in [3.05, 3.63) is 71.2 Å². The van der Waals surface area contributed by atoms with Crippen LogP contribution in [0.15, 0.2) is 42.6 Å². The third kappa shape index (κ3) is 6.00. The maximum absolute atomic E-state index is 13.7. The Labute approximate surface area is 229 Å². The first-order valence-electron chi connectivity index (χ1n) is 13.2. The van der Waals surface area contributed by atoms with Gasteiger partial charge in [-0.2, -0.15) is 13.2 Å². The summed E-state index contributed by atoms with van der Waals surface area (Å²) in [5.74, 6) is -1.22. The molecule has 1 saturated carbocycles. The van der Waals surface area contributed by atoms with Gasteiger partial charge in [-0.25, -0.2) is 19.3 Å². The van der Waals surface area contributed by atoms with Crippen LogP contribution in [0.3, 0.4) is 0 Å². The number of fused-ring (bicyclic) bond motifs is 1. The first kappa shape index (κ1) is 28.1. The lowest BCUT2D eigenvalue weighted by Gasteiger charge is -2.27. The number of benzene rings is 1. The van der Waals surface area contributed by atoms with Crippen molar-refractivity contribution in [1.82, 2.24) is 20.3 Å². The number of alkyl halides is 3. The van der Waals surface area contributed by atoms with Gasteiger partial charge in [0.05, 0.1) is 12.3 Å². The predicted octanol–water partition coefficient (Wildman–Crippen LogP) is 5.22. The minimum absolute atomic E-state index is 0.122. The summed E-state index contributed by atoms with van der Waals surface area (Å²) < 4.78 is 58.8. The van der Waals surface area contributed by atoms with Gasteiger partial charge in [0.2, 0.25) is 5.82 Å². The van der Waals surface area contributed by atoms with Crippen LogP contribution in [-0.4, -0.2) is 45.5 Å². The number of halogens is 4. The normalized spacial score (nSPS) is 20.1. The lowest BCUT2D eigenvalue weighted by Crippen LogP contribution is -2.38. The molecule has 3 aromatic rings. The van der Waals surface area contributed by atoms with Gasteiger partial charge in [0.1, 0.15) is 28.6 Å². The minimum atomic E-state index is -4.78. The zero-order valence-electron chi connectivity index (χ0n) is 22.2. The van der Waals surface area contributed by atoms with Crippen molar-refractivity contribution in [2.75, 3.05) is 19.7 Å². The molecule has 212 valence electrons. The molecule has 1 aromatic carbocycles. The van der Waals surface area contributed by atoms with Gasteiger partial charge in [0.25, 0.3) is 0 Å². The summed E-state index contributed by atoms with van der Waals surface area (Å²) in [5.41, 5.74) is -0.289. The van der Waals surface area contributed by atoms with E-state index in [4.69, 9.17) is 9.72 Å². The molecule has 7 nitrogen and oxygen atoms in total. The molecule has 2 N–H and O–H groups in total. The number of aromatic nitrogens is 3. The number of aliphatic hydroxyl groups is 1. The van der Waals surface area contributed by atoms with E-state index < -0.39 is 34.6 Å². The molecule has 0 saturated heterocycles. The molecule has 0 unspecified atom stereocenters. The highest BCUT2D eigenvalue weighted by atomic mass is 19.4. The molecule has 2 atom stereocenters. The second kappa shape index (κ2) is 10.5. The third-order valence-corrected chi connectivity index (χ3v) is 7.51. The van der Waals surface area contributed by atoms with Crippen molar-refractivity contribution in [2.24, 2.45) is 5.92 Å². The van der Waals surface area contributed by atoms with Crippen LogP contribution in [0.1, 0.15) is 67.1 Å². The topological polar surface area (TPSA) is 97.2 Å². The van der Waals surface area contributed by atoms with E-state index in [0.29, 0.717) is 36.1 Å². The lowest BCUT2D eigenvalue weighted by atomic mass is 9.82. The smallest absolute Gasteiger partial charge is 0.451 e. The fourth-order valence-electron chi connectivity index (χ4n) is 4.80. The summed E-state index contributed by atoms with van der Waals surface area (Å²) in [4.78, 5) is 24.0. The summed E-state index contributed by atoms with van der Waals surface area (Å²) in [7, 11) is 0. The molecule has 2 aliphatic rings. The Morgan fingerprint density at radius 1 is 1.18 bits per heavy atom. The molecule has 2 aromatic heterocycles. The molecule has 0 spiro atoms. The number of Topliss-reactive ketones (excluding diaryl/α,β-unsaturated/α-hetero) is 1. The monoisotopic (exact) mass is 558 g/mol. The van der Waals surface area contributed by atoms with Gasteiger partial charge in [0, 0.05) is 35.7 Å². The first-order valence-corrected chi connectivity index (χ1v) is 13.2. The molecular formula is C29H30F4N4O3. The summed E-state index contributed by atoms with van der Waals surface area (Å²) in [6.45, 7) is 5.49. The standard InChI is InChI=1S/C29H30F4N4O3/c1-27(15-34-14-17-3-4-17)16-40-25-20(27)13-23(37-24(25)18-5-7-19(30)8-6-18)28(2,39)11-9-22(38)21-10-12-35-26(36-21)29(31,32)33/h5-8,10,12-13,17,34,39H,3-4,9,11,14-16H2,1-2H3/t27-,28-/m0/s1. The SMILES string of the molecule is C[C@]1(CNCC2CC2)COc2c1cc([C@@](C)(O)CCC(=O)c1ccnc(C(F)(F)F)n1)nc2-c1ccc(F)cc1. The number of ether oxygens (including phenoxy) is 1. The number of hydrogen-bond donors (Lipinski definition) is 2. The van der Waals surface area contributed by atoms with Crippen LogP contribution in [0.2, 0.25) is 0 Å². The van der Waals surface area contributed by atoms with Crippen LogP contribution in [0, 0.1) is 11.7 Å². The lowest BCUT2D eigenvalue weighted by molar-refractivity contribution is -0.145. The van der Waals surface area contributed by atoms with Crippen molar-refractivity contribution < 1.29 is 32.2 Å². The van der Waals surface area contributed by atoms with Gasteiger partial charge < -0.3 is 15.2 Å². The van der Waals surface area contributed by atoms with E-state index >= 15 is 0 Å². The number of carbonyl (C=O) groups is 1. The fraction of sp³-hybridized carbons (Fsp3) is 0.448. The maximum atomic E-state index is 13.7. The Balaban J connectivity index is 1.44. The van der Waals surface area contributed by atoms with Gasteiger partial charge >= 0.3 is 6.18 Å². The van der Waals surface area contributed by atoms with Crippen molar-refractivity contribution in [3.8, 4) is 17.0 Å². The zero-order chi connectivity index (χ0) is 28.7. The maximum Gasteiger partial charge on any atom is 0.451 e. The van der Waals surface area contributed by atoms with Crippen LogP contribution in [0.25, 0.3) is 11.3 Å². The molecular weight excluding hydrogens is 528 g/mol. The van der Waals surface area contributed by atoms with Crippen molar-refractivity contribution in [3.63, 3.8) is 0 Å². The number of nitrogens with zero attached hydrogens (tertiary/aromatic N) is 3. The highest BCUT2D eigenvalue weighted by Crippen LogP contribution is 2.46. The average Bonchev–Trinajstić information content (AvgIpc) is 3.68. The van der Waals surface area contributed by atoms with E-state index in [1.54, 1.807) is 18.2 Å². The zero-order valence-corrected chi connectivity index (χ0v) is 22.2. The fourth-order valence-corrected chi connectivity index (χ4v) is 4.80. The van der Waals surface area contributed by atoms with Crippen LogP contribution in [-0.2, 0) is 17.2 Å². The second-order valence-corrected chi connectivity index (χ2v) is 11.1. The Morgan fingerprint density at radius 2 is 1.90 bits per heavy atom. The van der Waals surface area contributed by atoms with Crippen LogP contribution in [0.5, 0.6) is 5.75 Å². The van der Waals surface area contributed by atoms with Gasteiger partial charge in [-0.3, -0.25) is 4.79 Å². The molecule has 1 aliphatic carbocycles. The van der Waals surface area contributed by atoms with Crippen LogP contribution >= 0.6 is 0 Å². The number of hydrogen-bond acceptors (Lipinski definition) is 7.